The Kier molecular flexibility index (Phi) is 12.5. The molecule has 0 fully saturated rings. The number of ether oxygens (including phenoxy) is 1. The van der Waals surface area contributed by atoms with Crippen LogP contribution in [-0.2, 0) is 19.6 Å². The maximum absolute atomic E-state index is 14.9. The smallest absolute Gasteiger partial charge is 0.413 e. The second-order valence-corrected chi connectivity index (χ2v) is 16.9. The molecule has 3 N–H and O–H groups in total. The lowest BCUT2D eigenvalue weighted by Crippen LogP contribution is -2.52. The van der Waals surface area contributed by atoms with E-state index in [1.165, 1.54) is 35.0 Å². The van der Waals surface area contributed by atoms with Crippen LogP contribution in [0.3, 0.4) is 0 Å². The van der Waals surface area contributed by atoms with Gasteiger partial charge in [-0.2, -0.15) is 17.5 Å². The van der Waals surface area contributed by atoms with Crippen molar-refractivity contribution in [1.29, 1.82) is 0 Å². The number of hydrogen-bond acceptors (Lipinski definition) is 8. The summed E-state index contributed by atoms with van der Waals surface area (Å²) in [5, 5.41) is 15.2. The van der Waals surface area contributed by atoms with Gasteiger partial charge in [0.2, 0.25) is 15.9 Å². The lowest BCUT2D eigenvalue weighted by Gasteiger charge is -2.32. The Bertz CT molecular complexity index is 2100. The number of aliphatic hydroxyl groups excluding tert-OH is 1. The van der Waals surface area contributed by atoms with Crippen molar-refractivity contribution in [3.63, 3.8) is 0 Å². The van der Waals surface area contributed by atoms with E-state index in [0.717, 1.165) is 17.5 Å². The summed E-state index contributed by atoms with van der Waals surface area (Å²) in [6.07, 6.45) is -1.18. The monoisotopic (exact) mass is 785 g/mol. The number of sulfonamides is 1. The largest absolute Gasteiger partial charge is 0.453 e. The number of carbonyl (C=O) groups is 2. The van der Waals surface area contributed by atoms with Crippen molar-refractivity contribution in [3.8, 4) is 0 Å². The van der Waals surface area contributed by atoms with Crippen molar-refractivity contribution in [2.75, 3.05) is 20.3 Å². The number of imidazole rings is 1. The summed E-state index contributed by atoms with van der Waals surface area (Å²) >= 11 is 0.623. The second kappa shape index (κ2) is 16.7. The van der Waals surface area contributed by atoms with Crippen molar-refractivity contribution >= 4 is 39.0 Å². The van der Waals surface area contributed by atoms with E-state index in [1.807, 2.05) is 20.8 Å². The van der Waals surface area contributed by atoms with Gasteiger partial charge in [-0.1, -0.05) is 81.4 Å². The molecule has 54 heavy (non-hydrogen) atoms. The van der Waals surface area contributed by atoms with Gasteiger partial charge in [-0.15, -0.1) is 11.3 Å². The molecule has 0 aliphatic carbocycles. The van der Waals surface area contributed by atoms with Crippen molar-refractivity contribution in [2.24, 2.45) is 5.41 Å². The zero-order chi connectivity index (χ0) is 39.3. The summed E-state index contributed by atoms with van der Waals surface area (Å²) in [4.78, 5) is 30.4. The highest BCUT2D eigenvalue weighted by Crippen LogP contribution is 2.41. The Morgan fingerprint density at radius 3 is 2.09 bits per heavy atom. The number of fused-ring (bicyclic) bond motifs is 1. The Morgan fingerprint density at radius 1 is 0.926 bits per heavy atom. The van der Waals surface area contributed by atoms with E-state index in [-0.39, 0.29) is 26.6 Å². The number of alkyl carbamates (subject to hydrolysis) is 1. The lowest BCUT2D eigenvalue weighted by molar-refractivity contribution is -0.163. The number of aromatic nitrogens is 2. The van der Waals surface area contributed by atoms with E-state index in [0.29, 0.717) is 34.5 Å². The highest BCUT2D eigenvalue weighted by atomic mass is 32.2. The minimum absolute atomic E-state index is 0.0487. The molecule has 0 radical (unpaired) electrons. The van der Waals surface area contributed by atoms with Crippen LogP contribution < -0.4 is 10.6 Å². The van der Waals surface area contributed by atoms with Gasteiger partial charge >= 0.3 is 12.3 Å². The molecule has 3 aromatic heterocycles. The molecule has 0 unspecified atom stereocenters. The van der Waals surface area contributed by atoms with Crippen molar-refractivity contribution in [2.45, 2.75) is 62.3 Å². The fraction of sp³-hybridized carbons (Fsp3) is 0.342. The van der Waals surface area contributed by atoms with E-state index in [2.05, 4.69) is 15.6 Å². The molecule has 0 saturated heterocycles. The number of carbonyl (C=O) groups excluding carboxylic acids is 2. The maximum atomic E-state index is 14.9. The van der Waals surface area contributed by atoms with E-state index in [1.54, 1.807) is 66.9 Å². The van der Waals surface area contributed by atoms with Gasteiger partial charge in [-0.3, -0.25) is 4.79 Å². The van der Waals surface area contributed by atoms with Crippen LogP contribution in [0.15, 0.2) is 108 Å². The molecule has 0 spiro atoms. The third kappa shape index (κ3) is 9.47. The molecule has 5 aromatic rings. The van der Waals surface area contributed by atoms with Gasteiger partial charge in [0.25, 0.3) is 0 Å². The Hall–Kier alpha value is -4.77. The standard InChI is InChI=1S/C38H42F3N5O6S2/c1-37(2,3)19-21-46(54(50,51)27-15-18-31-42-20-22-45(31)23-27)28(24-47)29-16-17-30(53-29)34(38(39,40)41)44-35(48)33(43-36(49)52-4)32(25-11-7-5-8-12-25)26-13-9-6-10-14-26/h5-18,20,22-23,28,32-34,47H,19,21,24H2,1-4H3,(H,43,49)(H,44,48)/t28-,33+,34-/m1/s1. The van der Waals surface area contributed by atoms with Crippen LogP contribution in [0.25, 0.3) is 5.65 Å². The molecular formula is C38H42F3N5O6S2. The van der Waals surface area contributed by atoms with Gasteiger partial charge in [0.15, 0.2) is 6.04 Å². The van der Waals surface area contributed by atoms with Crippen LogP contribution in [0.1, 0.15) is 66.1 Å². The van der Waals surface area contributed by atoms with Gasteiger partial charge in [-0.05, 0) is 47.2 Å². The molecule has 288 valence electrons. The normalized spacial score (nSPS) is 14.2. The van der Waals surface area contributed by atoms with Crippen molar-refractivity contribution in [3.05, 3.63) is 124 Å². The number of aliphatic hydroxyl groups is 1. The van der Waals surface area contributed by atoms with Crippen LogP contribution in [0.2, 0.25) is 0 Å². The number of amides is 2. The third-order valence-corrected chi connectivity index (χ3v) is 12.0. The number of benzene rings is 2. The van der Waals surface area contributed by atoms with Crippen LogP contribution in [0.4, 0.5) is 18.0 Å². The van der Waals surface area contributed by atoms with E-state index < -0.39 is 58.9 Å². The van der Waals surface area contributed by atoms with Crippen LogP contribution in [-0.4, -0.2) is 71.7 Å². The summed E-state index contributed by atoms with van der Waals surface area (Å²) in [7, 11) is -3.23. The van der Waals surface area contributed by atoms with Crippen molar-refractivity contribution in [1.82, 2.24) is 24.3 Å². The topological polar surface area (TPSA) is 142 Å². The van der Waals surface area contributed by atoms with E-state index in [9.17, 15) is 36.3 Å². The Labute approximate surface area is 315 Å². The first-order chi connectivity index (χ1) is 25.5. The minimum atomic E-state index is -5.02. The average molecular weight is 786 g/mol. The van der Waals surface area contributed by atoms with E-state index >= 15 is 0 Å². The minimum Gasteiger partial charge on any atom is -0.453 e. The highest BCUT2D eigenvalue weighted by Gasteiger charge is 2.46. The molecule has 0 aliphatic rings. The van der Waals surface area contributed by atoms with Crippen LogP contribution >= 0.6 is 11.3 Å². The molecule has 3 heterocycles. The average Bonchev–Trinajstić information content (AvgIpc) is 3.81. The fourth-order valence-corrected chi connectivity index (χ4v) is 8.90. The number of nitrogens with one attached hydrogen (secondary N) is 2. The van der Waals surface area contributed by atoms with Crippen LogP contribution in [0.5, 0.6) is 0 Å². The van der Waals surface area contributed by atoms with Gasteiger partial charge in [-0.25, -0.2) is 18.2 Å². The van der Waals surface area contributed by atoms with Gasteiger partial charge in [0.05, 0.1) is 24.7 Å². The number of hydrogen-bond donors (Lipinski definition) is 3. The van der Waals surface area contributed by atoms with Gasteiger partial charge in [0, 0.05) is 40.8 Å². The third-order valence-electron chi connectivity index (χ3n) is 8.84. The Morgan fingerprint density at radius 2 is 1.54 bits per heavy atom. The highest BCUT2D eigenvalue weighted by molar-refractivity contribution is 7.89. The molecule has 3 atom stereocenters. The zero-order valence-corrected chi connectivity index (χ0v) is 31.7. The summed E-state index contributed by atoms with van der Waals surface area (Å²) in [5.74, 6) is -2.06. The van der Waals surface area contributed by atoms with Gasteiger partial charge < -0.3 is 24.9 Å². The first-order valence-corrected chi connectivity index (χ1v) is 19.3. The molecule has 11 nitrogen and oxygen atoms in total. The predicted octanol–water partition coefficient (Wildman–Crippen LogP) is 6.83. The number of nitrogens with zero attached hydrogens (tertiary/aromatic N) is 3. The molecule has 0 aliphatic heterocycles. The molecule has 0 bridgehead atoms. The summed E-state index contributed by atoms with van der Waals surface area (Å²) in [6.45, 7) is 4.98. The first kappa shape index (κ1) is 40.4. The molecule has 2 aromatic carbocycles. The van der Waals surface area contributed by atoms with Crippen molar-refractivity contribution < 1.29 is 41.0 Å². The molecular weight excluding hydrogens is 744 g/mol. The molecule has 2 amide bonds. The maximum Gasteiger partial charge on any atom is 0.413 e. The quantitative estimate of drug-likeness (QED) is 0.112. The summed E-state index contributed by atoms with van der Waals surface area (Å²) in [5.41, 5.74) is 1.29. The number of alkyl halides is 3. The molecule has 0 saturated carbocycles. The number of methoxy groups -OCH3 is 1. The Balaban J connectivity index is 1.52. The predicted molar refractivity (Wildman–Crippen MR) is 198 cm³/mol. The van der Waals surface area contributed by atoms with Gasteiger partial charge in [0.1, 0.15) is 11.7 Å². The summed E-state index contributed by atoms with van der Waals surface area (Å²) in [6, 6.07) is 17.2. The lowest BCUT2D eigenvalue weighted by atomic mass is 9.84. The number of rotatable bonds is 14. The van der Waals surface area contributed by atoms with Crippen LogP contribution in [0, 0.1) is 5.41 Å². The molecule has 5 rings (SSSR count). The number of pyridine rings is 1. The molecule has 16 heteroatoms. The van der Waals surface area contributed by atoms with E-state index in [4.69, 9.17) is 4.74 Å². The number of thiophene rings is 1. The number of halogens is 3. The SMILES string of the molecule is COC(=O)N[C@H](C(=O)N[C@H](c1ccc([C@@H](CO)N(CCC(C)(C)C)S(=O)(=O)c2ccc3nccn3c2)s1)C(F)(F)F)C(c1ccccc1)c1ccccc1. The zero-order valence-electron chi connectivity index (χ0n) is 30.0. The first-order valence-electron chi connectivity index (χ1n) is 17.0. The second-order valence-electron chi connectivity index (χ2n) is 13.8. The summed E-state index contributed by atoms with van der Waals surface area (Å²) < 4.78 is 80.7. The fourth-order valence-electron chi connectivity index (χ4n) is 6.03.